The Labute approximate surface area is 169 Å². The number of fused-ring (bicyclic) bond motifs is 3. The molecular formula is C19H20ClNO6S. The first-order valence-electron chi connectivity index (χ1n) is 8.55. The molecule has 1 N–H and O–H groups in total. The number of carboxylic acid groups (broad SMARTS) is 1. The Morgan fingerprint density at radius 1 is 1.36 bits per heavy atom. The Morgan fingerprint density at radius 2 is 2.11 bits per heavy atom. The lowest BCUT2D eigenvalue weighted by molar-refractivity contribution is 0.0694. The van der Waals surface area contributed by atoms with Gasteiger partial charge in [0.2, 0.25) is 0 Å². The summed E-state index contributed by atoms with van der Waals surface area (Å²) in [6.45, 7) is 0.760. The van der Waals surface area contributed by atoms with E-state index in [4.69, 9.17) is 21.1 Å². The zero-order chi connectivity index (χ0) is 20.4. The van der Waals surface area contributed by atoms with Crippen molar-refractivity contribution in [3.05, 3.63) is 50.8 Å². The number of carbonyl (C=O) groups is 1. The summed E-state index contributed by atoms with van der Waals surface area (Å²) in [6.07, 6.45) is 3.44. The molecule has 1 aliphatic rings. The second-order valence-electron chi connectivity index (χ2n) is 6.53. The molecule has 2 unspecified atom stereocenters. The number of benzene rings is 1. The molecule has 2 heterocycles. The zero-order valence-electron chi connectivity index (χ0n) is 15.4. The summed E-state index contributed by atoms with van der Waals surface area (Å²) < 4.78 is 24.2. The van der Waals surface area contributed by atoms with E-state index >= 15 is 0 Å². The Balaban J connectivity index is 2.13. The largest absolute Gasteiger partial charge is 0.490 e. The Bertz CT molecular complexity index is 1000. The van der Waals surface area contributed by atoms with Crippen LogP contribution in [-0.4, -0.2) is 52.2 Å². The predicted octanol–water partition coefficient (Wildman–Crippen LogP) is 2.37. The van der Waals surface area contributed by atoms with Crippen molar-refractivity contribution in [1.82, 2.24) is 4.57 Å². The fourth-order valence-electron chi connectivity index (χ4n) is 3.34. The Kier molecular flexibility index (Phi) is 6.22. The molecule has 28 heavy (non-hydrogen) atoms. The van der Waals surface area contributed by atoms with Crippen molar-refractivity contribution in [2.45, 2.75) is 12.5 Å². The highest BCUT2D eigenvalue weighted by molar-refractivity contribution is 7.84. The average molecular weight is 426 g/mol. The quantitative estimate of drug-likeness (QED) is 0.684. The van der Waals surface area contributed by atoms with Crippen LogP contribution in [0.15, 0.2) is 29.2 Å². The molecule has 3 rings (SSSR count). The lowest BCUT2D eigenvalue weighted by Gasteiger charge is -2.31. The summed E-state index contributed by atoms with van der Waals surface area (Å²) in [6, 6.07) is 4.58. The van der Waals surface area contributed by atoms with E-state index in [-0.39, 0.29) is 11.6 Å². The molecule has 0 saturated heterocycles. The van der Waals surface area contributed by atoms with Gasteiger partial charge in [-0.25, -0.2) is 4.79 Å². The first kappa shape index (κ1) is 20.6. The second kappa shape index (κ2) is 8.46. The number of methoxy groups -OCH3 is 1. The van der Waals surface area contributed by atoms with E-state index in [1.165, 1.54) is 12.3 Å². The van der Waals surface area contributed by atoms with Gasteiger partial charge >= 0.3 is 5.97 Å². The molecule has 9 heteroatoms. The second-order valence-corrected chi connectivity index (χ2v) is 8.41. The van der Waals surface area contributed by atoms with E-state index in [1.807, 2.05) is 6.07 Å². The Hall–Kier alpha value is -2.16. The molecule has 2 aromatic rings. The highest BCUT2D eigenvalue weighted by atomic mass is 35.5. The third-order valence-corrected chi connectivity index (χ3v) is 5.71. The van der Waals surface area contributed by atoms with E-state index in [0.29, 0.717) is 41.9 Å². The summed E-state index contributed by atoms with van der Waals surface area (Å²) in [5.41, 5.74) is 1.28. The number of halogens is 1. The molecule has 0 saturated carbocycles. The predicted molar refractivity (Wildman–Crippen MR) is 107 cm³/mol. The molecule has 0 radical (unpaired) electrons. The molecular weight excluding hydrogens is 406 g/mol. The number of pyridine rings is 1. The first-order chi connectivity index (χ1) is 13.3. The number of hydrogen-bond donors (Lipinski definition) is 1. The van der Waals surface area contributed by atoms with E-state index in [2.05, 4.69) is 0 Å². The maximum Gasteiger partial charge on any atom is 0.341 e. The van der Waals surface area contributed by atoms with Gasteiger partial charge in [-0.05, 0) is 24.1 Å². The maximum absolute atomic E-state index is 12.3. The van der Waals surface area contributed by atoms with Crippen molar-refractivity contribution in [3.8, 4) is 17.0 Å². The Morgan fingerprint density at radius 3 is 2.75 bits per heavy atom. The normalized spacial score (nSPS) is 16.2. The van der Waals surface area contributed by atoms with Crippen LogP contribution >= 0.6 is 11.6 Å². The summed E-state index contributed by atoms with van der Waals surface area (Å²) in [5, 5.41) is 9.68. The minimum Gasteiger partial charge on any atom is -0.490 e. The number of hydrogen-bond acceptors (Lipinski definition) is 5. The van der Waals surface area contributed by atoms with Gasteiger partial charge in [-0.3, -0.25) is 9.00 Å². The maximum atomic E-state index is 12.3. The van der Waals surface area contributed by atoms with Gasteiger partial charge in [-0.1, -0.05) is 11.6 Å². The summed E-state index contributed by atoms with van der Waals surface area (Å²) in [7, 11) is 0.471. The average Bonchev–Trinajstić information content (AvgIpc) is 2.62. The minimum absolute atomic E-state index is 0.250. The minimum atomic E-state index is -1.29. The monoisotopic (exact) mass is 425 g/mol. The van der Waals surface area contributed by atoms with E-state index < -0.39 is 22.2 Å². The zero-order valence-corrected chi connectivity index (χ0v) is 17.0. The standard InChI is InChI=1S/C19H20ClNO6S/c1-26-3-4-27-18-6-11-5-12(10-28(2)25)21-9-14(19(23)24)17(22)8-16(21)13(11)7-15(18)20/h6-9,12H,3-5,10H2,1-2H3,(H,23,24). The summed E-state index contributed by atoms with van der Waals surface area (Å²) in [5.74, 6) is -0.453. The molecule has 7 nitrogen and oxygen atoms in total. The number of nitrogens with zero attached hydrogens (tertiary/aromatic N) is 1. The number of carboxylic acids is 1. The van der Waals surface area contributed by atoms with Gasteiger partial charge in [0.1, 0.15) is 17.9 Å². The van der Waals surface area contributed by atoms with Crippen molar-refractivity contribution in [3.63, 3.8) is 0 Å². The number of ether oxygens (including phenoxy) is 2. The third-order valence-electron chi connectivity index (χ3n) is 4.56. The van der Waals surface area contributed by atoms with Crippen molar-refractivity contribution < 1.29 is 23.6 Å². The molecule has 0 bridgehead atoms. The van der Waals surface area contributed by atoms with Crippen LogP contribution in [0.25, 0.3) is 11.3 Å². The van der Waals surface area contributed by atoms with Gasteiger partial charge in [0, 0.05) is 53.8 Å². The lowest BCUT2D eigenvalue weighted by atomic mass is 9.92. The summed E-state index contributed by atoms with van der Waals surface area (Å²) >= 11 is 6.35. The van der Waals surface area contributed by atoms with Crippen molar-refractivity contribution in [1.29, 1.82) is 0 Å². The number of aromatic nitrogens is 1. The van der Waals surface area contributed by atoms with Crippen LogP contribution in [0, 0.1) is 0 Å². The number of aromatic carboxylic acids is 1. The van der Waals surface area contributed by atoms with E-state index in [0.717, 1.165) is 11.1 Å². The van der Waals surface area contributed by atoms with Crippen LogP contribution in [0.1, 0.15) is 22.0 Å². The van der Waals surface area contributed by atoms with Crippen LogP contribution < -0.4 is 10.2 Å². The van der Waals surface area contributed by atoms with Crippen molar-refractivity contribution >= 4 is 28.4 Å². The molecule has 0 aliphatic carbocycles. The van der Waals surface area contributed by atoms with E-state index in [9.17, 15) is 18.9 Å². The topological polar surface area (TPSA) is 94.8 Å². The van der Waals surface area contributed by atoms with Crippen LogP contribution in [0.3, 0.4) is 0 Å². The highest BCUT2D eigenvalue weighted by Crippen LogP contribution is 2.39. The first-order valence-corrected chi connectivity index (χ1v) is 10.7. The molecule has 1 aliphatic heterocycles. The van der Waals surface area contributed by atoms with Crippen molar-refractivity contribution in [2.24, 2.45) is 0 Å². The van der Waals surface area contributed by atoms with Gasteiger partial charge in [-0.2, -0.15) is 0 Å². The molecule has 150 valence electrons. The van der Waals surface area contributed by atoms with Crippen LogP contribution in [-0.2, 0) is 22.0 Å². The summed E-state index contributed by atoms with van der Waals surface area (Å²) in [4.78, 5) is 23.7. The van der Waals surface area contributed by atoms with Gasteiger partial charge in [0.05, 0.1) is 17.3 Å². The molecule has 1 aromatic heterocycles. The van der Waals surface area contributed by atoms with Crippen LogP contribution in [0.4, 0.5) is 0 Å². The smallest absolute Gasteiger partial charge is 0.341 e. The lowest BCUT2D eigenvalue weighted by Crippen LogP contribution is -2.28. The third kappa shape index (κ3) is 4.14. The fraction of sp³-hybridized carbons (Fsp3) is 0.368. The van der Waals surface area contributed by atoms with Gasteiger partial charge in [-0.15, -0.1) is 0 Å². The number of rotatable bonds is 7. The van der Waals surface area contributed by atoms with Gasteiger partial charge in [0.25, 0.3) is 0 Å². The van der Waals surface area contributed by atoms with Crippen LogP contribution in [0.2, 0.25) is 5.02 Å². The fourth-order valence-corrected chi connectivity index (χ4v) is 4.38. The molecule has 1 aromatic carbocycles. The van der Waals surface area contributed by atoms with E-state index in [1.54, 1.807) is 24.0 Å². The van der Waals surface area contributed by atoms with Gasteiger partial charge in [0.15, 0.2) is 5.43 Å². The SMILES string of the molecule is COCCOc1cc2c(cc1Cl)-c1cc(=O)c(C(=O)O)cn1C(CS(C)=O)C2. The molecule has 0 fully saturated rings. The van der Waals surface area contributed by atoms with Crippen molar-refractivity contribution in [2.75, 3.05) is 32.3 Å². The molecule has 0 spiro atoms. The molecule has 0 amide bonds. The van der Waals surface area contributed by atoms with Gasteiger partial charge < -0.3 is 19.1 Å². The molecule has 2 atom stereocenters. The van der Waals surface area contributed by atoms with Crippen LogP contribution in [0.5, 0.6) is 5.75 Å². The highest BCUT2D eigenvalue weighted by Gasteiger charge is 2.28.